The Hall–Kier alpha value is -0.820. The third-order valence-corrected chi connectivity index (χ3v) is 3.34. The fourth-order valence-corrected chi connectivity index (χ4v) is 2.70. The van der Waals surface area contributed by atoms with E-state index >= 15 is 0 Å². The maximum atomic E-state index is 11.8. The van der Waals surface area contributed by atoms with Crippen molar-refractivity contribution in [2.45, 2.75) is 50.0 Å². The van der Waals surface area contributed by atoms with Crippen LogP contribution in [0.15, 0.2) is 0 Å². The minimum Gasteiger partial charge on any atom is -0.362 e. The van der Waals surface area contributed by atoms with Gasteiger partial charge in [-0.15, -0.1) is 0 Å². The van der Waals surface area contributed by atoms with Gasteiger partial charge in [-0.05, 0) is 25.7 Å². The molecule has 2 aliphatic heterocycles. The molecule has 1 amide bonds. The van der Waals surface area contributed by atoms with Crippen molar-refractivity contribution in [3.8, 4) is 0 Å². The number of carbonyl (C=O) groups excluding carboxylic acids is 1. The maximum Gasteiger partial charge on any atom is 0.411 e. The molecule has 2 saturated heterocycles. The zero-order valence-corrected chi connectivity index (χ0v) is 9.93. The van der Waals surface area contributed by atoms with Gasteiger partial charge in [0.25, 0.3) is 0 Å². The molecule has 104 valence electrons. The molecule has 0 aromatic rings. The van der Waals surface area contributed by atoms with Crippen LogP contribution in [-0.4, -0.2) is 43.4 Å². The summed E-state index contributed by atoms with van der Waals surface area (Å²) in [7, 11) is 0. The van der Waals surface area contributed by atoms with Crippen LogP contribution in [0.1, 0.15) is 25.7 Å². The van der Waals surface area contributed by atoms with Crippen molar-refractivity contribution in [1.82, 2.24) is 10.6 Å². The number of carbonyl (C=O) groups is 1. The number of rotatable bonds is 4. The Morgan fingerprint density at radius 2 is 1.89 bits per heavy atom. The molecule has 0 aliphatic carbocycles. The summed E-state index contributed by atoms with van der Waals surface area (Å²) in [5.74, 6) is -0.467. The summed E-state index contributed by atoms with van der Waals surface area (Å²) in [6.45, 7) is -1.91. The van der Waals surface area contributed by atoms with E-state index in [2.05, 4.69) is 15.4 Å². The van der Waals surface area contributed by atoms with Crippen LogP contribution in [0.4, 0.5) is 13.2 Å². The van der Waals surface area contributed by atoms with Gasteiger partial charge in [0.05, 0.1) is 0 Å². The summed E-state index contributed by atoms with van der Waals surface area (Å²) >= 11 is 0. The molecule has 18 heavy (non-hydrogen) atoms. The molecule has 0 saturated carbocycles. The highest BCUT2D eigenvalue weighted by Crippen LogP contribution is 2.26. The average Bonchev–Trinajstić information content (AvgIpc) is 2.56. The first-order chi connectivity index (χ1) is 8.42. The van der Waals surface area contributed by atoms with Crippen molar-refractivity contribution < 1.29 is 22.7 Å². The van der Waals surface area contributed by atoms with Gasteiger partial charge in [-0.2, -0.15) is 13.2 Å². The molecular weight excluding hydrogens is 249 g/mol. The number of halogens is 3. The maximum absolute atomic E-state index is 11.8. The van der Waals surface area contributed by atoms with Crippen molar-refractivity contribution in [2.24, 2.45) is 0 Å². The molecule has 0 aromatic carbocycles. The first-order valence-electron chi connectivity index (χ1n) is 6.12. The van der Waals surface area contributed by atoms with E-state index in [0.717, 1.165) is 25.7 Å². The third-order valence-electron chi connectivity index (χ3n) is 3.34. The lowest BCUT2D eigenvalue weighted by molar-refractivity contribution is -0.175. The minimum atomic E-state index is -4.38. The van der Waals surface area contributed by atoms with Crippen LogP contribution in [0, 0.1) is 0 Å². The normalized spacial score (nSPS) is 31.4. The summed E-state index contributed by atoms with van der Waals surface area (Å²) in [6, 6.07) is 0.932. The van der Waals surface area contributed by atoms with E-state index in [4.69, 9.17) is 0 Å². The van der Waals surface area contributed by atoms with Gasteiger partial charge in [0.1, 0.15) is 13.2 Å². The molecule has 2 atom stereocenters. The second-order valence-corrected chi connectivity index (χ2v) is 4.98. The number of hydrogen-bond acceptors (Lipinski definition) is 3. The quantitative estimate of drug-likeness (QED) is 0.797. The van der Waals surface area contributed by atoms with Gasteiger partial charge in [0.15, 0.2) is 0 Å². The molecule has 4 nitrogen and oxygen atoms in total. The summed E-state index contributed by atoms with van der Waals surface area (Å²) in [6.07, 6.45) is -0.458. The van der Waals surface area contributed by atoms with E-state index in [1.807, 2.05) is 0 Å². The summed E-state index contributed by atoms with van der Waals surface area (Å²) < 4.78 is 39.7. The molecule has 2 N–H and O–H groups in total. The highest BCUT2D eigenvalue weighted by Gasteiger charge is 2.34. The largest absolute Gasteiger partial charge is 0.411 e. The highest BCUT2D eigenvalue weighted by atomic mass is 19.4. The molecular formula is C11H17F3N2O2. The monoisotopic (exact) mass is 266 g/mol. The molecule has 2 fully saturated rings. The molecule has 2 bridgehead atoms. The predicted octanol–water partition coefficient (Wildman–Crippen LogP) is 0.964. The van der Waals surface area contributed by atoms with Gasteiger partial charge in [-0.3, -0.25) is 4.79 Å². The zero-order valence-electron chi connectivity index (χ0n) is 9.93. The number of ether oxygens (including phenoxy) is 1. The lowest BCUT2D eigenvalue weighted by Gasteiger charge is -2.29. The van der Waals surface area contributed by atoms with Crippen molar-refractivity contribution in [3.05, 3.63) is 0 Å². The highest BCUT2D eigenvalue weighted by molar-refractivity contribution is 5.77. The SMILES string of the molecule is O=C(COCC(F)(F)F)NC1CC2CCC(C1)N2. The fraction of sp³-hybridized carbons (Fsp3) is 0.909. The van der Waals surface area contributed by atoms with Crippen LogP contribution in [0.2, 0.25) is 0 Å². The van der Waals surface area contributed by atoms with Gasteiger partial charge in [-0.1, -0.05) is 0 Å². The summed E-state index contributed by atoms with van der Waals surface area (Å²) in [4.78, 5) is 11.4. The van der Waals surface area contributed by atoms with Crippen molar-refractivity contribution in [2.75, 3.05) is 13.2 Å². The number of nitrogens with one attached hydrogen (secondary N) is 2. The third kappa shape index (κ3) is 4.13. The van der Waals surface area contributed by atoms with Gasteiger partial charge in [0, 0.05) is 18.1 Å². The Labute approximate surface area is 103 Å². The molecule has 2 aliphatic rings. The predicted molar refractivity (Wildman–Crippen MR) is 58.0 cm³/mol. The van der Waals surface area contributed by atoms with E-state index in [1.165, 1.54) is 0 Å². The van der Waals surface area contributed by atoms with Crippen molar-refractivity contribution in [3.63, 3.8) is 0 Å². The number of fused-ring (bicyclic) bond motifs is 2. The smallest absolute Gasteiger partial charge is 0.362 e. The first-order valence-corrected chi connectivity index (χ1v) is 6.12. The van der Waals surface area contributed by atoms with Gasteiger partial charge in [-0.25, -0.2) is 0 Å². The van der Waals surface area contributed by atoms with Crippen LogP contribution >= 0.6 is 0 Å². The molecule has 2 rings (SSSR count). The molecule has 2 unspecified atom stereocenters. The number of alkyl halides is 3. The minimum absolute atomic E-state index is 0.0609. The van der Waals surface area contributed by atoms with Gasteiger partial charge < -0.3 is 15.4 Å². The van der Waals surface area contributed by atoms with Crippen LogP contribution in [0.3, 0.4) is 0 Å². The lowest BCUT2D eigenvalue weighted by atomic mass is 10.00. The molecule has 0 radical (unpaired) electrons. The molecule has 0 spiro atoms. The van der Waals surface area contributed by atoms with Crippen LogP contribution < -0.4 is 10.6 Å². The van der Waals surface area contributed by atoms with E-state index in [-0.39, 0.29) is 6.04 Å². The van der Waals surface area contributed by atoms with Gasteiger partial charge >= 0.3 is 6.18 Å². The molecule has 2 heterocycles. The number of piperidine rings is 1. The Kier molecular flexibility index (Phi) is 4.11. The molecule has 7 heteroatoms. The van der Waals surface area contributed by atoms with Crippen LogP contribution in [0.25, 0.3) is 0 Å². The lowest BCUT2D eigenvalue weighted by Crippen LogP contribution is -2.48. The van der Waals surface area contributed by atoms with E-state index < -0.39 is 25.3 Å². The van der Waals surface area contributed by atoms with E-state index in [9.17, 15) is 18.0 Å². The molecule has 0 aromatic heterocycles. The Bertz CT molecular complexity index is 297. The Morgan fingerprint density at radius 1 is 1.28 bits per heavy atom. The van der Waals surface area contributed by atoms with Crippen LogP contribution in [0.5, 0.6) is 0 Å². The second kappa shape index (κ2) is 5.44. The zero-order chi connectivity index (χ0) is 13.2. The van der Waals surface area contributed by atoms with E-state index in [0.29, 0.717) is 12.1 Å². The van der Waals surface area contributed by atoms with Crippen molar-refractivity contribution in [1.29, 1.82) is 0 Å². The van der Waals surface area contributed by atoms with E-state index in [1.54, 1.807) is 0 Å². The Balaban J connectivity index is 1.65. The topological polar surface area (TPSA) is 50.4 Å². The average molecular weight is 266 g/mol. The van der Waals surface area contributed by atoms with Crippen LogP contribution in [-0.2, 0) is 9.53 Å². The first kappa shape index (κ1) is 13.6. The standard InChI is InChI=1S/C11H17F3N2O2/c12-11(13,14)6-18-5-10(17)16-9-3-7-1-2-8(4-9)15-7/h7-9,15H,1-6H2,(H,16,17). The van der Waals surface area contributed by atoms with Gasteiger partial charge in [0.2, 0.25) is 5.91 Å². The van der Waals surface area contributed by atoms with Crippen molar-refractivity contribution >= 4 is 5.91 Å². The summed E-state index contributed by atoms with van der Waals surface area (Å²) in [5.41, 5.74) is 0. The summed E-state index contributed by atoms with van der Waals surface area (Å²) in [5, 5.41) is 6.16. The Morgan fingerprint density at radius 3 is 2.44 bits per heavy atom. The second-order valence-electron chi connectivity index (χ2n) is 4.98. The number of amides is 1. The fourth-order valence-electron chi connectivity index (χ4n) is 2.70. The number of hydrogen-bond donors (Lipinski definition) is 2.